The number of nitrogen functional groups attached to an aromatic ring is 1. The molecule has 1 aromatic heterocycles. The molecule has 2 aromatic rings. The Kier molecular flexibility index (Phi) is 4.07. The van der Waals surface area contributed by atoms with E-state index >= 15 is 0 Å². The zero-order valence-corrected chi connectivity index (χ0v) is 11.8. The fourth-order valence-electron chi connectivity index (χ4n) is 1.28. The van der Waals surface area contributed by atoms with E-state index in [-0.39, 0.29) is 5.69 Å². The summed E-state index contributed by atoms with van der Waals surface area (Å²) in [6.45, 7) is 0. The molecule has 0 radical (unpaired) electrons. The van der Waals surface area contributed by atoms with Gasteiger partial charge in [-0.3, -0.25) is 15.5 Å². The summed E-state index contributed by atoms with van der Waals surface area (Å²) in [7, 11) is 0. The van der Waals surface area contributed by atoms with Crippen LogP contribution in [0.3, 0.4) is 0 Å². The van der Waals surface area contributed by atoms with Crippen LogP contribution in [0.5, 0.6) is 0 Å². The number of nitrogens with one attached hydrogen (secondary N) is 1. The normalized spacial score (nSPS) is 10.8. The number of hydrazone groups is 1. The highest BCUT2D eigenvalue weighted by molar-refractivity contribution is 9.10. The van der Waals surface area contributed by atoms with Gasteiger partial charge in [-0.2, -0.15) is 5.10 Å². The second-order valence-corrected chi connectivity index (χ2v) is 5.18. The third-order valence-electron chi connectivity index (χ3n) is 2.07. The minimum absolute atomic E-state index is 0.0291. The van der Waals surface area contributed by atoms with E-state index in [1.807, 2.05) is 0 Å². The highest BCUT2D eigenvalue weighted by Gasteiger charge is 2.12. The quantitative estimate of drug-likeness (QED) is 0.505. The van der Waals surface area contributed by atoms with E-state index in [4.69, 9.17) is 5.73 Å². The van der Waals surface area contributed by atoms with E-state index in [9.17, 15) is 10.1 Å². The molecule has 98 valence electrons. The van der Waals surface area contributed by atoms with E-state index in [0.717, 1.165) is 0 Å². The molecule has 0 spiro atoms. The number of anilines is 2. The Labute approximate surface area is 120 Å². The molecular formula is C10H8BrN5O2S. The minimum atomic E-state index is -0.465. The van der Waals surface area contributed by atoms with Gasteiger partial charge in [0.2, 0.25) is 5.13 Å². The Balaban J connectivity index is 2.16. The lowest BCUT2D eigenvalue weighted by atomic mass is 10.2. The Bertz CT molecular complexity index is 643. The molecule has 0 unspecified atom stereocenters. The highest BCUT2D eigenvalue weighted by Crippen LogP contribution is 2.22. The first-order chi connectivity index (χ1) is 9.06. The first kappa shape index (κ1) is 13.4. The maximum Gasteiger partial charge on any atom is 0.279 e. The van der Waals surface area contributed by atoms with Crippen LogP contribution in [0.1, 0.15) is 5.56 Å². The summed E-state index contributed by atoms with van der Waals surface area (Å²) in [5.41, 5.74) is 8.48. The molecule has 1 aromatic carbocycles. The summed E-state index contributed by atoms with van der Waals surface area (Å²) in [6, 6.07) is 4.72. The van der Waals surface area contributed by atoms with Gasteiger partial charge in [0.05, 0.1) is 16.7 Å². The Morgan fingerprint density at radius 3 is 3.00 bits per heavy atom. The number of benzene rings is 1. The predicted molar refractivity (Wildman–Crippen MR) is 78.5 cm³/mol. The molecule has 0 atom stereocenters. The lowest BCUT2D eigenvalue weighted by molar-refractivity contribution is -0.385. The van der Waals surface area contributed by atoms with Gasteiger partial charge in [-0.05, 0) is 12.1 Å². The maximum atomic E-state index is 10.9. The second-order valence-electron chi connectivity index (χ2n) is 3.41. The third kappa shape index (κ3) is 3.48. The Morgan fingerprint density at radius 2 is 2.37 bits per heavy atom. The zero-order valence-electron chi connectivity index (χ0n) is 9.41. The molecule has 1 heterocycles. The molecule has 9 heteroatoms. The number of aromatic nitrogens is 1. The molecule has 0 saturated heterocycles. The molecule has 3 N–H and O–H groups in total. The molecular weight excluding hydrogens is 334 g/mol. The van der Waals surface area contributed by atoms with Gasteiger partial charge in [0, 0.05) is 15.9 Å². The van der Waals surface area contributed by atoms with Crippen LogP contribution in [0.25, 0.3) is 0 Å². The Morgan fingerprint density at radius 1 is 1.58 bits per heavy atom. The van der Waals surface area contributed by atoms with Crippen LogP contribution in [0, 0.1) is 10.1 Å². The topological polar surface area (TPSA) is 106 Å². The van der Waals surface area contributed by atoms with Crippen molar-refractivity contribution in [2.24, 2.45) is 5.10 Å². The van der Waals surface area contributed by atoms with Gasteiger partial charge in [0.15, 0.2) is 0 Å². The number of hydrogen-bond acceptors (Lipinski definition) is 7. The number of nitro benzene ring substituents is 1. The van der Waals surface area contributed by atoms with Crippen molar-refractivity contribution >= 4 is 50.1 Å². The second kappa shape index (κ2) is 5.76. The fourth-order valence-corrected chi connectivity index (χ4v) is 2.18. The zero-order chi connectivity index (χ0) is 13.8. The van der Waals surface area contributed by atoms with Gasteiger partial charge >= 0.3 is 0 Å². The lowest BCUT2D eigenvalue weighted by Crippen LogP contribution is -1.96. The highest BCUT2D eigenvalue weighted by atomic mass is 79.9. The largest absolute Gasteiger partial charge is 0.383 e. The van der Waals surface area contributed by atoms with Gasteiger partial charge in [-0.15, -0.1) is 11.3 Å². The first-order valence-electron chi connectivity index (χ1n) is 5.00. The van der Waals surface area contributed by atoms with Gasteiger partial charge in [0.1, 0.15) is 5.82 Å². The fraction of sp³-hybridized carbons (Fsp3) is 0. The van der Waals surface area contributed by atoms with Crippen LogP contribution in [-0.2, 0) is 0 Å². The number of nitrogens with two attached hydrogens (primary N) is 1. The van der Waals surface area contributed by atoms with Crippen molar-refractivity contribution in [3.8, 4) is 0 Å². The molecule has 7 nitrogen and oxygen atoms in total. The predicted octanol–water partition coefficient (Wildman–Crippen LogP) is 2.84. The van der Waals surface area contributed by atoms with Crippen LogP contribution in [-0.4, -0.2) is 16.1 Å². The number of hydrogen-bond donors (Lipinski definition) is 2. The van der Waals surface area contributed by atoms with Crippen LogP contribution in [0.4, 0.5) is 16.6 Å². The number of thiazole rings is 1. The van der Waals surface area contributed by atoms with Crippen molar-refractivity contribution in [2.75, 3.05) is 11.2 Å². The molecule has 2 rings (SSSR count). The van der Waals surface area contributed by atoms with Crippen LogP contribution >= 0.6 is 27.3 Å². The van der Waals surface area contributed by atoms with Crippen LogP contribution < -0.4 is 11.2 Å². The first-order valence-corrected chi connectivity index (χ1v) is 6.67. The molecule has 19 heavy (non-hydrogen) atoms. The van der Waals surface area contributed by atoms with Gasteiger partial charge < -0.3 is 5.73 Å². The summed E-state index contributed by atoms with van der Waals surface area (Å²) >= 11 is 4.48. The smallest absolute Gasteiger partial charge is 0.279 e. The summed E-state index contributed by atoms with van der Waals surface area (Å²) in [6.07, 6.45) is 1.36. The number of rotatable bonds is 4. The average molecular weight is 342 g/mol. The summed E-state index contributed by atoms with van der Waals surface area (Å²) < 4.78 is 0.636. The van der Waals surface area contributed by atoms with Gasteiger partial charge in [0.25, 0.3) is 5.69 Å². The van der Waals surface area contributed by atoms with E-state index in [2.05, 4.69) is 31.4 Å². The van der Waals surface area contributed by atoms with Crippen molar-refractivity contribution in [1.82, 2.24) is 4.98 Å². The average Bonchev–Trinajstić information content (AvgIpc) is 2.77. The number of halogens is 1. The monoisotopic (exact) mass is 341 g/mol. The van der Waals surface area contributed by atoms with E-state index in [1.165, 1.54) is 23.6 Å². The van der Waals surface area contributed by atoms with Crippen molar-refractivity contribution in [3.05, 3.63) is 43.7 Å². The minimum Gasteiger partial charge on any atom is -0.383 e. The summed E-state index contributed by atoms with van der Waals surface area (Å²) in [5, 5.41) is 17.0. The third-order valence-corrected chi connectivity index (χ3v) is 3.33. The molecule has 0 aliphatic heterocycles. The molecule has 0 bridgehead atoms. The number of nitro groups is 1. The summed E-state index contributed by atoms with van der Waals surface area (Å²) in [5.74, 6) is 0.400. The Hall–Kier alpha value is -2.00. The van der Waals surface area contributed by atoms with Crippen LogP contribution in [0.15, 0.2) is 33.2 Å². The van der Waals surface area contributed by atoms with Crippen molar-refractivity contribution < 1.29 is 4.92 Å². The van der Waals surface area contributed by atoms with Gasteiger partial charge in [-0.1, -0.05) is 15.9 Å². The van der Waals surface area contributed by atoms with E-state index in [0.29, 0.717) is 21.0 Å². The molecule has 0 amide bonds. The lowest BCUT2D eigenvalue weighted by Gasteiger charge is -1.98. The van der Waals surface area contributed by atoms with E-state index in [1.54, 1.807) is 17.5 Å². The standard InChI is InChI=1S/C10H8BrN5O2S/c11-7-2-1-6(8(3-7)16(17)18)4-13-15-10-14-9(12)5-19-10/h1-5H,12H2,(H,14,15). The molecule has 0 saturated carbocycles. The molecule has 0 fully saturated rings. The molecule has 0 aliphatic carbocycles. The molecule has 0 aliphatic rings. The van der Waals surface area contributed by atoms with Crippen molar-refractivity contribution in [3.63, 3.8) is 0 Å². The SMILES string of the molecule is Nc1csc(NN=Cc2ccc(Br)cc2[N+](=O)[O-])n1. The van der Waals surface area contributed by atoms with E-state index < -0.39 is 4.92 Å². The van der Waals surface area contributed by atoms with Crippen molar-refractivity contribution in [2.45, 2.75) is 0 Å². The van der Waals surface area contributed by atoms with Crippen LogP contribution in [0.2, 0.25) is 0 Å². The summed E-state index contributed by atoms with van der Waals surface area (Å²) in [4.78, 5) is 14.4. The van der Waals surface area contributed by atoms with Gasteiger partial charge in [-0.25, -0.2) is 4.98 Å². The number of nitrogens with zero attached hydrogens (tertiary/aromatic N) is 3. The van der Waals surface area contributed by atoms with Crippen molar-refractivity contribution in [1.29, 1.82) is 0 Å². The maximum absolute atomic E-state index is 10.9.